The zero-order valence-corrected chi connectivity index (χ0v) is 14.1. The van der Waals surface area contributed by atoms with Gasteiger partial charge in [-0.15, -0.1) is 0 Å². The number of hydrogen-bond acceptors (Lipinski definition) is 4. The fourth-order valence-electron chi connectivity index (χ4n) is 3.27. The van der Waals surface area contributed by atoms with Crippen LogP contribution in [0.15, 0.2) is 63.8 Å². The van der Waals surface area contributed by atoms with Crippen LogP contribution < -0.4 is 10.4 Å². The van der Waals surface area contributed by atoms with E-state index < -0.39 is 0 Å². The van der Waals surface area contributed by atoms with Gasteiger partial charge in [-0.3, -0.25) is 4.90 Å². The Morgan fingerprint density at radius 1 is 1.00 bits per heavy atom. The van der Waals surface area contributed by atoms with E-state index in [1.165, 1.54) is 12.8 Å². The van der Waals surface area contributed by atoms with Crippen LogP contribution in [0.2, 0.25) is 0 Å². The van der Waals surface area contributed by atoms with Crippen LogP contribution in [0.25, 0.3) is 11.0 Å². The van der Waals surface area contributed by atoms with Crippen LogP contribution >= 0.6 is 0 Å². The van der Waals surface area contributed by atoms with Crippen molar-refractivity contribution < 1.29 is 9.15 Å². The lowest BCUT2D eigenvalue weighted by Crippen LogP contribution is -2.22. The van der Waals surface area contributed by atoms with Crippen molar-refractivity contribution in [3.05, 3.63) is 76.1 Å². The molecule has 128 valence electrons. The van der Waals surface area contributed by atoms with E-state index in [0.29, 0.717) is 18.7 Å². The van der Waals surface area contributed by atoms with E-state index in [0.717, 1.165) is 35.4 Å². The Morgan fingerprint density at radius 2 is 1.80 bits per heavy atom. The van der Waals surface area contributed by atoms with Gasteiger partial charge in [0.25, 0.3) is 0 Å². The van der Waals surface area contributed by atoms with Crippen LogP contribution in [0.1, 0.15) is 24.0 Å². The zero-order chi connectivity index (χ0) is 17.1. The summed E-state index contributed by atoms with van der Waals surface area (Å²) in [7, 11) is 0. The molecule has 4 heteroatoms. The Morgan fingerprint density at radius 3 is 2.60 bits per heavy atom. The first-order chi connectivity index (χ1) is 12.3. The summed E-state index contributed by atoms with van der Waals surface area (Å²) < 4.78 is 11.4. The minimum Gasteiger partial charge on any atom is -0.489 e. The van der Waals surface area contributed by atoms with Crippen LogP contribution in [0.5, 0.6) is 5.75 Å². The predicted molar refractivity (Wildman–Crippen MR) is 97.8 cm³/mol. The van der Waals surface area contributed by atoms with Gasteiger partial charge in [-0.25, -0.2) is 4.79 Å². The molecule has 4 rings (SSSR count). The summed E-state index contributed by atoms with van der Waals surface area (Å²) in [6.07, 6.45) is 2.41. The number of benzene rings is 2. The fourth-order valence-corrected chi connectivity index (χ4v) is 3.27. The largest absolute Gasteiger partial charge is 0.489 e. The standard InChI is InChI=1S/C21H21NO3/c23-21-18(14-22-10-4-5-11-22)12-17-13-19(8-9-20(17)25-21)24-15-16-6-2-1-3-7-16/h1-3,6-9,12-13H,4-5,10-11,14-15H2. The van der Waals surface area contributed by atoms with Crippen LogP contribution in [-0.2, 0) is 13.2 Å². The van der Waals surface area contributed by atoms with Crippen LogP contribution in [0, 0.1) is 0 Å². The van der Waals surface area contributed by atoms with Gasteiger partial charge >= 0.3 is 5.63 Å². The average molecular weight is 335 g/mol. The number of rotatable bonds is 5. The van der Waals surface area contributed by atoms with E-state index in [4.69, 9.17) is 9.15 Å². The molecule has 1 aliphatic heterocycles. The van der Waals surface area contributed by atoms with Gasteiger partial charge < -0.3 is 9.15 Å². The lowest BCUT2D eigenvalue weighted by Gasteiger charge is -2.14. The summed E-state index contributed by atoms with van der Waals surface area (Å²) in [4.78, 5) is 14.5. The van der Waals surface area contributed by atoms with Crippen molar-refractivity contribution in [2.45, 2.75) is 26.0 Å². The Balaban J connectivity index is 1.55. The van der Waals surface area contributed by atoms with Gasteiger partial charge in [0, 0.05) is 11.9 Å². The van der Waals surface area contributed by atoms with Gasteiger partial charge in [0.15, 0.2) is 0 Å². The van der Waals surface area contributed by atoms with E-state index >= 15 is 0 Å². The lowest BCUT2D eigenvalue weighted by atomic mass is 10.1. The second-order valence-electron chi connectivity index (χ2n) is 6.52. The smallest absolute Gasteiger partial charge is 0.340 e. The van der Waals surface area contributed by atoms with Gasteiger partial charge in [0.1, 0.15) is 17.9 Å². The van der Waals surface area contributed by atoms with E-state index in [1.807, 2.05) is 48.5 Å². The molecule has 1 aromatic heterocycles. The Labute approximate surface area is 146 Å². The van der Waals surface area contributed by atoms with E-state index in [-0.39, 0.29) is 5.63 Å². The number of likely N-dealkylation sites (tertiary alicyclic amines) is 1. The van der Waals surface area contributed by atoms with Gasteiger partial charge in [0.05, 0.1) is 5.56 Å². The Kier molecular flexibility index (Phi) is 4.53. The van der Waals surface area contributed by atoms with E-state index in [1.54, 1.807) is 6.07 Å². The van der Waals surface area contributed by atoms with Gasteiger partial charge in [-0.2, -0.15) is 0 Å². The molecule has 2 heterocycles. The summed E-state index contributed by atoms with van der Waals surface area (Å²) >= 11 is 0. The molecule has 0 spiro atoms. The summed E-state index contributed by atoms with van der Waals surface area (Å²) in [5, 5.41) is 0.902. The first-order valence-electron chi connectivity index (χ1n) is 8.74. The number of fused-ring (bicyclic) bond motifs is 1. The second-order valence-corrected chi connectivity index (χ2v) is 6.52. The summed E-state index contributed by atoms with van der Waals surface area (Å²) in [5.41, 5.74) is 2.20. The molecular formula is C21H21NO3. The van der Waals surface area contributed by atoms with Gasteiger partial charge in [-0.1, -0.05) is 30.3 Å². The third-order valence-corrected chi connectivity index (χ3v) is 4.62. The predicted octanol–water partition coefficient (Wildman–Crippen LogP) is 3.97. The third kappa shape index (κ3) is 3.74. The zero-order valence-electron chi connectivity index (χ0n) is 14.1. The normalized spacial score (nSPS) is 14.9. The molecule has 0 atom stereocenters. The monoisotopic (exact) mass is 335 g/mol. The number of nitrogens with zero attached hydrogens (tertiary/aromatic N) is 1. The van der Waals surface area contributed by atoms with Crippen molar-refractivity contribution >= 4 is 11.0 Å². The number of hydrogen-bond donors (Lipinski definition) is 0. The van der Waals surface area contributed by atoms with Gasteiger partial charge in [0.2, 0.25) is 0 Å². The molecule has 3 aromatic rings. The second kappa shape index (κ2) is 7.11. The van der Waals surface area contributed by atoms with E-state index in [2.05, 4.69) is 4.90 Å². The highest BCUT2D eigenvalue weighted by Crippen LogP contribution is 2.22. The molecule has 0 aliphatic carbocycles. The molecule has 1 fully saturated rings. The van der Waals surface area contributed by atoms with Crippen LogP contribution in [0.4, 0.5) is 0 Å². The van der Waals surface area contributed by atoms with Crippen molar-refractivity contribution in [1.82, 2.24) is 4.90 Å². The SMILES string of the molecule is O=c1oc2ccc(OCc3ccccc3)cc2cc1CN1CCCC1. The highest BCUT2D eigenvalue weighted by Gasteiger charge is 2.15. The third-order valence-electron chi connectivity index (χ3n) is 4.62. The number of ether oxygens (including phenoxy) is 1. The minimum atomic E-state index is -0.239. The molecule has 0 unspecified atom stereocenters. The topological polar surface area (TPSA) is 42.7 Å². The first-order valence-corrected chi connectivity index (χ1v) is 8.74. The van der Waals surface area contributed by atoms with Crippen molar-refractivity contribution in [2.24, 2.45) is 0 Å². The molecule has 0 radical (unpaired) electrons. The van der Waals surface area contributed by atoms with Crippen molar-refractivity contribution in [1.29, 1.82) is 0 Å². The maximum Gasteiger partial charge on any atom is 0.340 e. The molecule has 0 bridgehead atoms. The maximum atomic E-state index is 12.2. The molecule has 25 heavy (non-hydrogen) atoms. The molecule has 0 amide bonds. The molecule has 1 aliphatic rings. The summed E-state index contributed by atoms with van der Waals surface area (Å²) in [5.74, 6) is 0.775. The Hall–Kier alpha value is -2.59. The molecule has 4 nitrogen and oxygen atoms in total. The lowest BCUT2D eigenvalue weighted by molar-refractivity contribution is 0.306. The fraction of sp³-hybridized carbons (Fsp3) is 0.286. The van der Waals surface area contributed by atoms with Crippen molar-refractivity contribution in [3.8, 4) is 5.75 Å². The molecule has 0 N–H and O–H groups in total. The summed E-state index contributed by atoms with van der Waals surface area (Å²) in [6, 6.07) is 17.6. The highest BCUT2D eigenvalue weighted by atomic mass is 16.5. The minimum absolute atomic E-state index is 0.239. The van der Waals surface area contributed by atoms with Crippen LogP contribution in [0.3, 0.4) is 0 Å². The first kappa shape index (κ1) is 15.9. The molecular weight excluding hydrogens is 314 g/mol. The molecule has 2 aromatic carbocycles. The van der Waals surface area contributed by atoms with E-state index in [9.17, 15) is 4.79 Å². The molecule has 0 saturated carbocycles. The van der Waals surface area contributed by atoms with Gasteiger partial charge in [-0.05, 0) is 55.8 Å². The Bertz CT molecular complexity index is 911. The highest BCUT2D eigenvalue weighted by molar-refractivity contribution is 5.78. The van der Waals surface area contributed by atoms with Crippen LogP contribution in [-0.4, -0.2) is 18.0 Å². The average Bonchev–Trinajstić information content (AvgIpc) is 3.15. The van der Waals surface area contributed by atoms with Crippen molar-refractivity contribution in [2.75, 3.05) is 13.1 Å². The summed E-state index contributed by atoms with van der Waals surface area (Å²) in [6.45, 7) is 3.28. The maximum absolute atomic E-state index is 12.2. The quantitative estimate of drug-likeness (QED) is 0.662. The van der Waals surface area contributed by atoms with Crippen molar-refractivity contribution in [3.63, 3.8) is 0 Å². The molecule has 1 saturated heterocycles.